The van der Waals surface area contributed by atoms with E-state index in [1.807, 2.05) is 0 Å². The quantitative estimate of drug-likeness (QED) is 0.0258. The smallest absolute Gasteiger partial charge is 0.463 e. The largest absolute Gasteiger partial charge is 0.472 e. The number of nitrogens with one attached hydrogen (secondary N) is 1. The van der Waals surface area contributed by atoms with Crippen LogP contribution in [-0.2, 0) is 27.9 Å². The summed E-state index contributed by atoms with van der Waals surface area (Å²) in [4.78, 5) is 33.5. The van der Waals surface area contributed by atoms with Gasteiger partial charge in [-0.05, 0) is 51.4 Å². The minimum absolute atomic E-state index is 0.0804. The van der Waals surface area contributed by atoms with E-state index in [-0.39, 0.29) is 32.1 Å². The van der Waals surface area contributed by atoms with Crippen molar-refractivity contribution in [1.82, 2.24) is 5.32 Å². The Bertz CT molecular complexity index is 892. The molecule has 9 nitrogen and oxygen atoms in total. The molecule has 0 bridgehead atoms. The zero-order valence-corrected chi connectivity index (χ0v) is 31.3. The fourth-order valence-electron chi connectivity index (χ4n) is 4.91. The fourth-order valence-corrected chi connectivity index (χ4v) is 5.67. The van der Waals surface area contributed by atoms with Crippen LogP contribution in [0.4, 0.5) is 0 Å². The lowest BCUT2D eigenvalue weighted by molar-refractivity contribution is -0.147. The average molecular weight is 700 g/mol. The average Bonchev–Trinajstić information content (AvgIpc) is 3.07. The van der Waals surface area contributed by atoms with Crippen molar-refractivity contribution in [3.63, 3.8) is 0 Å². The van der Waals surface area contributed by atoms with Gasteiger partial charge in [-0.3, -0.25) is 18.6 Å². The third kappa shape index (κ3) is 35.5. The van der Waals surface area contributed by atoms with Gasteiger partial charge in [0.05, 0.1) is 13.2 Å². The molecule has 0 spiro atoms. The van der Waals surface area contributed by atoms with E-state index in [4.69, 9.17) is 13.8 Å². The molecule has 0 saturated heterocycles. The second-order valence-corrected chi connectivity index (χ2v) is 14.0. The third-order valence-corrected chi connectivity index (χ3v) is 8.81. The van der Waals surface area contributed by atoms with Crippen LogP contribution in [0.1, 0.15) is 162 Å². The van der Waals surface area contributed by atoms with E-state index in [1.54, 1.807) is 0 Å². The van der Waals surface area contributed by atoms with Gasteiger partial charge in [-0.15, -0.1) is 0 Å². The summed E-state index contributed by atoms with van der Waals surface area (Å²) in [5.74, 6) is -0.534. The summed E-state index contributed by atoms with van der Waals surface area (Å²) in [7, 11) is -4.40. The molecular formula is C38H70NO8P. The van der Waals surface area contributed by atoms with E-state index in [2.05, 4.69) is 55.6 Å². The molecule has 0 aromatic carbocycles. The monoisotopic (exact) mass is 699 g/mol. The first-order chi connectivity index (χ1) is 23.3. The maximum Gasteiger partial charge on any atom is 0.472 e. The van der Waals surface area contributed by atoms with Gasteiger partial charge in [0.2, 0.25) is 5.91 Å². The normalized spacial score (nSPS) is 13.8. The molecule has 0 aliphatic heterocycles. The van der Waals surface area contributed by atoms with E-state index in [1.165, 1.54) is 70.6 Å². The van der Waals surface area contributed by atoms with Gasteiger partial charge in [-0.1, -0.05) is 134 Å². The van der Waals surface area contributed by atoms with E-state index in [9.17, 15) is 24.2 Å². The topological polar surface area (TPSA) is 131 Å². The summed E-state index contributed by atoms with van der Waals surface area (Å²) >= 11 is 0. The predicted molar refractivity (Wildman–Crippen MR) is 197 cm³/mol. The van der Waals surface area contributed by atoms with Gasteiger partial charge >= 0.3 is 13.8 Å². The second-order valence-electron chi connectivity index (χ2n) is 12.6. The Morgan fingerprint density at radius 2 is 1.12 bits per heavy atom. The van der Waals surface area contributed by atoms with E-state index >= 15 is 0 Å². The summed E-state index contributed by atoms with van der Waals surface area (Å²) in [5, 5.41) is 12.6. The Hall–Kier alpha value is -1.77. The van der Waals surface area contributed by atoms with Gasteiger partial charge in [0.15, 0.2) is 0 Å². The number of unbranched alkanes of at least 4 members (excludes halogenated alkanes) is 16. The number of hydrogen-bond donors (Lipinski definition) is 3. The van der Waals surface area contributed by atoms with Gasteiger partial charge < -0.3 is 20.1 Å². The SMILES string of the molecule is CCCCC/C=C\C/C=C\C/C=C\CCCCCCCCCCC(=O)OCC(O)COP(=O)(O)OCCNC(=O)CCCCCCCC. The molecule has 0 aliphatic rings. The fraction of sp³-hybridized carbons (Fsp3) is 0.789. The van der Waals surface area contributed by atoms with Crippen LogP contribution in [0.2, 0.25) is 0 Å². The Kier molecular flexibility index (Phi) is 33.8. The van der Waals surface area contributed by atoms with Gasteiger partial charge in [0, 0.05) is 19.4 Å². The second kappa shape index (κ2) is 35.1. The molecule has 3 N–H and O–H groups in total. The highest BCUT2D eigenvalue weighted by molar-refractivity contribution is 7.47. The third-order valence-electron chi connectivity index (χ3n) is 7.82. The lowest BCUT2D eigenvalue weighted by Gasteiger charge is -2.15. The standard InChI is InChI=1S/C38H70NO8P/c1-3-5-7-9-11-12-13-14-15-16-17-18-19-20-21-22-23-24-25-27-29-31-38(42)45-34-36(40)35-47-48(43,44)46-33-32-39-37(41)30-28-26-10-8-6-4-2/h11-12,14-15,17-18,36,40H,3-10,13,16,19-35H2,1-2H3,(H,39,41)(H,43,44)/b12-11-,15-14-,18-17-. The first-order valence-electron chi connectivity index (χ1n) is 19.0. The number of aliphatic hydroxyl groups excluding tert-OH is 1. The van der Waals surface area contributed by atoms with Crippen LogP contribution in [0.15, 0.2) is 36.5 Å². The molecule has 1 amide bonds. The van der Waals surface area contributed by atoms with E-state index in [0.29, 0.717) is 6.42 Å². The van der Waals surface area contributed by atoms with Crippen molar-refractivity contribution in [2.24, 2.45) is 0 Å². The molecule has 0 aromatic rings. The van der Waals surface area contributed by atoms with Crippen LogP contribution in [0.5, 0.6) is 0 Å². The molecule has 0 aromatic heterocycles. The summed E-state index contributed by atoms with van der Waals surface area (Å²) in [6, 6.07) is 0. The lowest BCUT2D eigenvalue weighted by atomic mass is 10.1. The predicted octanol–water partition coefficient (Wildman–Crippen LogP) is 9.82. The molecule has 0 radical (unpaired) electrons. The maximum absolute atomic E-state index is 12.0. The molecule has 0 fully saturated rings. The first kappa shape index (κ1) is 46.2. The number of aliphatic hydroxyl groups is 1. The molecule has 0 rings (SSSR count). The highest BCUT2D eigenvalue weighted by Crippen LogP contribution is 2.42. The molecule has 0 heterocycles. The molecule has 48 heavy (non-hydrogen) atoms. The van der Waals surface area contributed by atoms with Crippen LogP contribution in [0.3, 0.4) is 0 Å². The molecule has 2 atom stereocenters. The molecule has 280 valence electrons. The van der Waals surface area contributed by atoms with Crippen molar-refractivity contribution in [2.45, 2.75) is 168 Å². The van der Waals surface area contributed by atoms with Crippen LogP contribution in [-0.4, -0.2) is 54.3 Å². The van der Waals surface area contributed by atoms with Crippen LogP contribution in [0.25, 0.3) is 0 Å². The van der Waals surface area contributed by atoms with Gasteiger partial charge in [-0.25, -0.2) is 4.57 Å². The Morgan fingerprint density at radius 1 is 0.646 bits per heavy atom. The van der Waals surface area contributed by atoms with Crippen molar-refractivity contribution in [3.05, 3.63) is 36.5 Å². The molecule has 2 unspecified atom stereocenters. The Labute approximate surface area is 293 Å². The number of phosphoric acid groups is 1. The zero-order chi connectivity index (χ0) is 35.4. The van der Waals surface area contributed by atoms with Crippen LogP contribution >= 0.6 is 7.82 Å². The number of hydrogen-bond acceptors (Lipinski definition) is 7. The number of carbonyl (C=O) groups excluding carboxylic acids is 2. The number of phosphoric ester groups is 1. The van der Waals surface area contributed by atoms with Gasteiger partial charge in [-0.2, -0.15) is 0 Å². The van der Waals surface area contributed by atoms with Crippen molar-refractivity contribution >= 4 is 19.7 Å². The van der Waals surface area contributed by atoms with Crippen molar-refractivity contribution in [3.8, 4) is 0 Å². The van der Waals surface area contributed by atoms with Crippen molar-refractivity contribution < 1.29 is 37.9 Å². The first-order valence-corrected chi connectivity index (χ1v) is 20.5. The number of carbonyl (C=O) groups is 2. The highest BCUT2D eigenvalue weighted by atomic mass is 31.2. The van der Waals surface area contributed by atoms with Crippen LogP contribution < -0.4 is 5.32 Å². The Morgan fingerprint density at radius 3 is 1.73 bits per heavy atom. The molecule has 10 heteroatoms. The summed E-state index contributed by atoms with van der Waals surface area (Å²) in [5.41, 5.74) is 0. The van der Waals surface area contributed by atoms with Crippen LogP contribution in [0, 0.1) is 0 Å². The van der Waals surface area contributed by atoms with E-state index < -0.39 is 26.5 Å². The van der Waals surface area contributed by atoms with Crippen molar-refractivity contribution in [2.75, 3.05) is 26.4 Å². The number of ether oxygens (including phenoxy) is 1. The van der Waals surface area contributed by atoms with Gasteiger partial charge in [0.1, 0.15) is 12.7 Å². The summed E-state index contributed by atoms with van der Waals surface area (Å²) < 4.78 is 26.6. The number of esters is 1. The minimum atomic E-state index is -4.40. The van der Waals surface area contributed by atoms with E-state index in [0.717, 1.165) is 64.2 Å². The molecular weight excluding hydrogens is 629 g/mol. The lowest BCUT2D eigenvalue weighted by Crippen LogP contribution is -2.27. The molecule has 0 aliphatic carbocycles. The summed E-state index contributed by atoms with van der Waals surface area (Å²) in [6.45, 7) is 3.43. The number of rotatable bonds is 35. The minimum Gasteiger partial charge on any atom is -0.463 e. The number of allylic oxidation sites excluding steroid dienone is 6. The number of amides is 1. The highest BCUT2D eigenvalue weighted by Gasteiger charge is 2.23. The molecule has 0 saturated carbocycles. The summed E-state index contributed by atoms with van der Waals surface area (Å²) in [6.07, 6.45) is 36.7. The Balaban J connectivity index is 3.61. The van der Waals surface area contributed by atoms with Gasteiger partial charge in [0.25, 0.3) is 0 Å². The zero-order valence-electron chi connectivity index (χ0n) is 30.4. The maximum atomic E-state index is 12.0. The van der Waals surface area contributed by atoms with Crippen molar-refractivity contribution in [1.29, 1.82) is 0 Å².